The van der Waals surface area contributed by atoms with Gasteiger partial charge in [0.1, 0.15) is 5.01 Å². The van der Waals surface area contributed by atoms with Crippen LogP contribution in [0.25, 0.3) is 0 Å². The number of carbonyl (C=O) groups excluding carboxylic acids is 2. The first-order chi connectivity index (χ1) is 11.3. The zero-order chi connectivity index (χ0) is 17.7. The number of methoxy groups -OCH3 is 1. The maximum atomic E-state index is 12.3. The number of hydrogen-bond acceptors (Lipinski definition) is 7. The number of benzene rings is 1. The molecule has 8 nitrogen and oxygen atoms in total. The predicted molar refractivity (Wildman–Crippen MR) is 86.8 cm³/mol. The quantitative estimate of drug-likeness (QED) is 0.575. The topological polar surface area (TPSA) is 114 Å². The molecule has 0 saturated heterocycles. The molecule has 0 atom stereocenters. The van der Waals surface area contributed by atoms with E-state index in [2.05, 4.69) is 15.1 Å². The van der Waals surface area contributed by atoms with E-state index >= 15 is 0 Å². The first-order valence-electron chi connectivity index (χ1n) is 6.72. The number of ether oxygens (including phenoxy) is 1. The Hall–Kier alpha value is -2.30. The first kappa shape index (κ1) is 18.0. The number of nitrogens with one attached hydrogen (secondary N) is 2. The number of hydrogen-bond donors (Lipinski definition) is 2. The highest BCUT2D eigenvalue weighted by molar-refractivity contribution is 7.89. The molecule has 0 aliphatic carbocycles. The Bertz CT molecular complexity index is 861. The minimum atomic E-state index is -4.13. The van der Waals surface area contributed by atoms with Gasteiger partial charge in [-0.05, 0) is 19.1 Å². The van der Waals surface area contributed by atoms with Crippen LogP contribution in [0.5, 0.6) is 0 Å². The lowest BCUT2D eigenvalue weighted by Gasteiger charge is -2.10. The molecule has 0 radical (unpaired) electrons. The Labute approximate surface area is 142 Å². The van der Waals surface area contributed by atoms with E-state index in [-0.39, 0.29) is 16.9 Å². The highest BCUT2D eigenvalue weighted by atomic mass is 32.2. The van der Waals surface area contributed by atoms with E-state index in [1.165, 1.54) is 35.6 Å². The third-order valence-electron chi connectivity index (χ3n) is 2.89. The van der Waals surface area contributed by atoms with Crippen molar-refractivity contribution >= 4 is 33.2 Å². The number of hydrazine groups is 1. The van der Waals surface area contributed by atoms with Crippen molar-refractivity contribution in [1.82, 2.24) is 15.2 Å². The van der Waals surface area contributed by atoms with Gasteiger partial charge in [0.25, 0.3) is 10.0 Å². The molecule has 128 valence electrons. The summed E-state index contributed by atoms with van der Waals surface area (Å²) < 4.78 is 29.1. The van der Waals surface area contributed by atoms with Gasteiger partial charge in [-0.2, -0.15) is 0 Å². The lowest BCUT2D eigenvalue weighted by Crippen LogP contribution is -2.42. The maximum Gasteiger partial charge on any atom is 0.339 e. The Morgan fingerprint density at radius 3 is 2.62 bits per heavy atom. The molecule has 0 bridgehead atoms. The number of nitrogens with zero attached hydrogens (tertiary/aromatic N) is 1. The number of sulfonamides is 1. The van der Waals surface area contributed by atoms with Crippen molar-refractivity contribution in [3.05, 3.63) is 45.9 Å². The second-order valence-corrected chi connectivity index (χ2v) is 7.29. The van der Waals surface area contributed by atoms with Crippen LogP contribution >= 0.6 is 11.3 Å². The highest BCUT2D eigenvalue weighted by Crippen LogP contribution is 2.16. The van der Waals surface area contributed by atoms with Gasteiger partial charge in [0.2, 0.25) is 5.91 Å². The summed E-state index contributed by atoms with van der Waals surface area (Å²) in [7, 11) is -2.98. The first-order valence-corrected chi connectivity index (χ1v) is 9.09. The molecular weight excluding hydrogens is 354 g/mol. The molecule has 0 fully saturated rings. The summed E-state index contributed by atoms with van der Waals surface area (Å²) in [4.78, 5) is 29.3. The number of amides is 1. The summed E-state index contributed by atoms with van der Waals surface area (Å²) in [5.41, 5.74) is 2.76. The third kappa shape index (κ3) is 4.37. The van der Waals surface area contributed by atoms with Gasteiger partial charge >= 0.3 is 5.97 Å². The standard InChI is InChI=1S/C14H15N3O5S2/c1-9-8-23-13(15-9)7-12(18)16-17-24(20,21)11-6-4-3-5-10(11)14(19)22-2/h3-6,8,17H,7H2,1-2H3,(H,16,18). The molecule has 10 heteroatoms. The Morgan fingerprint density at radius 2 is 2.00 bits per heavy atom. The molecule has 24 heavy (non-hydrogen) atoms. The number of rotatable bonds is 6. The van der Waals surface area contributed by atoms with Crippen LogP contribution in [0.3, 0.4) is 0 Å². The van der Waals surface area contributed by atoms with Crippen LogP contribution in [0, 0.1) is 6.92 Å². The lowest BCUT2D eigenvalue weighted by molar-refractivity contribution is -0.120. The van der Waals surface area contributed by atoms with Crippen molar-refractivity contribution in [2.45, 2.75) is 18.2 Å². The van der Waals surface area contributed by atoms with E-state index in [1.54, 1.807) is 12.3 Å². The van der Waals surface area contributed by atoms with Gasteiger partial charge < -0.3 is 4.74 Å². The Morgan fingerprint density at radius 1 is 1.29 bits per heavy atom. The molecule has 1 heterocycles. The fourth-order valence-corrected chi connectivity index (χ4v) is 3.65. The molecule has 0 unspecified atom stereocenters. The normalized spacial score (nSPS) is 11.1. The summed E-state index contributed by atoms with van der Waals surface area (Å²) in [5.74, 6) is -1.36. The number of aryl methyl sites for hydroxylation is 1. The molecule has 0 aliphatic rings. The van der Waals surface area contributed by atoms with Crippen LogP contribution in [-0.2, 0) is 26.0 Å². The van der Waals surface area contributed by atoms with Gasteiger partial charge in [-0.25, -0.2) is 18.2 Å². The molecule has 1 aromatic carbocycles. The van der Waals surface area contributed by atoms with Crippen molar-refractivity contribution in [1.29, 1.82) is 0 Å². The second kappa shape index (κ2) is 7.51. The predicted octanol–water partition coefficient (Wildman–Crippen LogP) is 0.790. The number of carbonyl (C=O) groups is 2. The SMILES string of the molecule is COC(=O)c1ccccc1S(=O)(=O)NNC(=O)Cc1nc(C)cs1. The molecule has 0 spiro atoms. The summed E-state index contributed by atoms with van der Waals surface area (Å²) >= 11 is 1.31. The lowest BCUT2D eigenvalue weighted by atomic mass is 10.2. The van der Waals surface area contributed by atoms with E-state index < -0.39 is 21.9 Å². The van der Waals surface area contributed by atoms with Crippen LogP contribution in [0.4, 0.5) is 0 Å². The highest BCUT2D eigenvalue weighted by Gasteiger charge is 2.23. The van der Waals surface area contributed by atoms with Crippen LogP contribution in [0.1, 0.15) is 21.1 Å². The zero-order valence-electron chi connectivity index (χ0n) is 12.9. The fourth-order valence-electron chi connectivity index (χ4n) is 1.82. The van der Waals surface area contributed by atoms with Gasteiger partial charge in [-0.15, -0.1) is 16.2 Å². The average molecular weight is 369 g/mol. The number of esters is 1. The molecule has 0 saturated carbocycles. The van der Waals surface area contributed by atoms with Crippen LogP contribution in [0.15, 0.2) is 34.5 Å². The monoisotopic (exact) mass is 369 g/mol. The molecule has 1 amide bonds. The summed E-state index contributed by atoms with van der Waals surface area (Å²) in [6.07, 6.45) is -0.0559. The Kier molecular flexibility index (Phi) is 5.65. The van der Waals surface area contributed by atoms with Crippen molar-refractivity contribution in [2.75, 3.05) is 7.11 Å². The molecular formula is C14H15N3O5S2. The average Bonchev–Trinajstić information content (AvgIpc) is 2.97. The van der Waals surface area contributed by atoms with E-state index in [0.29, 0.717) is 5.01 Å². The van der Waals surface area contributed by atoms with E-state index in [0.717, 1.165) is 12.8 Å². The zero-order valence-corrected chi connectivity index (χ0v) is 14.5. The summed E-state index contributed by atoms with van der Waals surface area (Å²) in [6.45, 7) is 1.80. The smallest absolute Gasteiger partial charge is 0.339 e. The van der Waals surface area contributed by atoms with Gasteiger partial charge in [0.05, 0.1) is 24.0 Å². The van der Waals surface area contributed by atoms with Crippen LogP contribution in [0.2, 0.25) is 0 Å². The Balaban J connectivity index is 2.09. The number of aromatic nitrogens is 1. The van der Waals surface area contributed by atoms with Crippen molar-refractivity contribution < 1.29 is 22.7 Å². The number of thiazole rings is 1. The largest absolute Gasteiger partial charge is 0.465 e. The molecule has 1 aromatic heterocycles. The summed E-state index contributed by atoms with van der Waals surface area (Å²) in [6, 6.07) is 5.53. The van der Waals surface area contributed by atoms with Gasteiger partial charge in [0, 0.05) is 11.1 Å². The van der Waals surface area contributed by atoms with Gasteiger partial charge in [-0.1, -0.05) is 12.1 Å². The molecule has 2 N–H and O–H groups in total. The second-order valence-electron chi connectivity index (χ2n) is 4.70. The van der Waals surface area contributed by atoms with Crippen LogP contribution in [-0.4, -0.2) is 32.4 Å². The maximum absolute atomic E-state index is 12.3. The molecule has 0 aliphatic heterocycles. The van der Waals surface area contributed by atoms with Crippen molar-refractivity contribution in [3.8, 4) is 0 Å². The van der Waals surface area contributed by atoms with Crippen LogP contribution < -0.4 is 10.3 Å². The van der Waals surface area contributed by atoms with Gasteiger partial charge in [-0.3, -0.25) is 10.2 Å². The summed E-state index contributed by atoms with van der Waals surface area (Å²) in [5, 5.41) is 2.36. The van der Waals surface area contributed by atoms with E-state index in [9.17, 15) is 18.0 Å². The molecule has 2 aromatic rings. The van der Waals surface area contributed by atoms with E-state index in [1.807, 2.05) is 4.83 Å². The third-order valence-corrected chi connectivity index (χ3v) is 5.16. The minimum Gasteiger partial charge on any atom is -0.465 e. The minimum absolute atomic E-state index is 0.0559. The van der Waals surface area contributed by atoms with Crippen molar-refractivity contribution in [3.63, 3.8) is 0 Å². The van der Waals surface area contributed by atoms with Crippen molar-refractivity contribution in [2.24, 2.45) is 0 Å². The van der Waals surface area contributed by atoms with Gasteiger partial charge in [0.15, 0.2) is 0 Å². The molecule has 2 rings (SSSR count). The van der Waals surface area contributed by atoms with E-state index in [4.69, 9.17) is 0 Å². The fraction of sp³-hybridized carbons (Fsp3) is 0.214.